The summed E-state index contributed by atoms with van der Waals surface area (Å²) in [5.41, 5.74) is 5.38. The number of aromatic nitrogens is 4. The number of aryl methyl sites for hydroxylation is 1. The Bertz CT molecular complexity index is 1920. The first-order chi connectivity index (χ1) is 17.9. The number of nitro groups is 1. The fraction of sp³-hybridized carbons (Fsp3) is 0.0741. The Morgan fingerprint density at radius 3 is 2.57 bits per heavy atom. The van der Waals surface area contributed by atoms with Gasteiger partial charge in [0, 0.05) is 29.2 Å². The van der Waals surface area contributed by atoms with Crippen molar-refractivity contribution < 1.29 is 9.66 Å². The minimum atomic E-state index is -0.505. The summed E-state index contributed by atoms with van der Waals surface area (Å²) in [6.07, 6.45) is 3.09. The van der Waals surface area contributed by atoms with E-state index in [9.17, 15) is 14.9 Å². The molecule has 0 fully saturated rings. The number of hydrogen-bond donors (Lipinski definition) is 0. The fourth-order valence-electron chi connectivity index (χ4n) is 4.41. The van der Waals surface area contributed by atoms with Gasteiger partial charge in [0.2, 0.25) is 5.88 Å². The average Bonchev–Trinajstić information content (AvgIpc) is 3.50. The van der Waals surface area contributed by atoms with E-state index in [1.807, 2.05) is 68.5 Å². The van der Waals surface area contributed by atoms with Crippen LogP contribution in [0, 0.1) is 24.0 Å². The third-order valence-corrected chi connectivity index (χ3v) is 7.12. The van der Waals surface area contributed by atoms with E-state index in [4.69, 9.17) is 4.74 Å². The second-order valence-electron chi connectivity index (χ2n) is 8.50. The first-order valence-electron chi connectivity index (χ1n) is 11.4. The van der Waals surface area contributed by atoms with Gasteiger partial charge in [-0.1, -0.05) is 23.5 Å². The van der Waals surface area contributed by atoms with Crippen LogP contribution >= 0.6 is 11.3 Å². The van der Waals surface area contributed by atoms with Gasteiger partial charge in [0.05, 0.1) is 20.5 Å². The van der Waals surface area contributed by atoms with E-state index in [2.05, 4.69) is 20.6 Å². The van der Waals surface area contributed by atoms with Crippen LogP contribution in [0.4, 0.5) is 5.69 Å². The van der Waals surface area contributed by atoms with Gasteiger partial charge in [-0.15, -0.1) is 0 Å². The molecule has 0 N–H and O–H groups in total. The van der Waals surface area contributed by atoms with Crippen molar-refractivity contribution >= 4 is 39.1 Å². The standard InChI is InChI=1S/C27H19N5O4S/c1-16-13-18(14-24-26(33)31-23-6-4-3-5-22(23)29-27(31)37-24)17(2)30(16)19-7-10-21(11-8-19)36-25-12-9-20(15-28-25)32(34)35/h3-15H,1-2H3/b24-14+. The summed E-state index contributed by atoms with van der Waals surface area (Å²) in [6.45, 7) is 4.03. The maximum absolute atomic E-state index is 13.2. The molecule has 0 saturated heterocycles. The third kappa shape index (κ3) is 3.93. The van der Waals surface area contributed by atoms with Crippen LogP contribution in [-0.2, 0) is 0 Å². The fourth-order valence-corrected chi connectivity index (χ4v) is 5.39. The molecule has 37 heavy (non-hydrogen) atoms. The smallest absolute Gasteiger partial charge is 0.287 e. The highest BCUT2D eigenvalue weighted by molar-refractivity contribution is 7.15. The minimum absolute atomic E-state index is 0.0696. The van der Waals surface area contributed by atoms with E-state index in [1.165, 1.54) is 23.5 Å². The number of pyridine rings is 1. The van der Waals surface area contributed by atoms with E-state index in [0.717, 1.165) is 39.9 Å². The van der Waals surface area contributed by atoms with Crippen molar-refractivity contribution in [2.45, 2.75) is 13.8 Å². The number of hydrogen-bond acceptors (Lipinski definition) is 7. The summed E-state index contributed by atoms with van der Waals surface area (Å²) in [5, 5.41) is 10.8. The molecule has 0 amide bonds. The molecule has 10 heteroatoms. The summed E-state index contributed by atoms with van der Waals surface area (Å²) in [7, 11) is 0. The Morgan fingerprint density at radius 2 is 1.84 bits per heavy atom. The van der Waals surface area contributed by atoms with Gasteiger partial charge in [0.15, 0.2) is 4.96 Å². The van der Waals surface area contributed by atoms with Gasteiger partial charge in [-0.3, -0.25) is 14.9 Å². The molecule has 2 aromatic carbocycles. The lowest BCUT2D eigenvalue weighted by atomic mass is 10.2. The Morgan fingerprint density at radius 1 is 1.05 bits per heavy atom. The molecule has 9 nitrogen and oxygen atoms in total. The molecular weight excluding hydrogens is 490 g/mol. The van der Waals surface area contributed by atoms with Crippen LogP contribution < -0.4 is 14.8 Å². The van der Waals surface area contributed by atoms with Crippen LogP contribution in [0.2, 0.25) is 0 Å². The number of rotatable bonds is 5. The number of benzene rings is 2. The molecule has 182 valence electrons. The predicted octanol–water partition coefficient (Wildman–Crippen LogP) is 4.96. The maximum Gasteiger partial charge on any atom is 0.287 e. The van der Waals surface area contributed by atoms with Crippen molar-refractivity contribution in [3.8, 4) is 17.3 Å². The van der Waals surface area contributed by atoms with Crippen LogP contribution in [0.3, 0.4) is 0 Å². The number of para-hydroxylation sites is 2. The van der Waals surface area contributed by atoms with Gasteiger partial charge in [0.25, 0.3) is 11.2 Å². The van der Waals surface area contributed by atoms with Crippen molar-refractivity contribution in [3.63, 3.8) is 0 Å². The topological polar surface area (TPSA) is 105 Å². The summed E-state index contributed by atoms with van der Waals surface area (Å²) in [5.74, 6) is 0.830. The highest BCUT2D eigenvalue weighted by Gasteiger charge is 2.14. The maximum atomic E-state index is 13.2. The molecule has 0 saturated carbocycles. The summed E-state index contributed by atoms with van der Waals surface area (Å²) < 4.78 is 10.1. The monoisotopic (exact) mass is 509 g/mol. The largest absolute Gasteiger partial charge is 0.439 e. The first-order valence-corrected chi connectivity index (χ1v) is 12.2. The first kappa shape index (κ1) is 22.6. The Balaban J connectivity index is 1.31. The minimum Gasteiger partial charge on any atom is -0.439 e. The van der Waals surface area contributed by atoms with Gasteiger partial charge >= 0.3 is 0 Å². The predicted molar refractivity (Wildman–Crippen MR) is 142 cm³/mol. The lowest BCUT2D eigenvalue weighted by Crippen LogP contribution is -2.22. The lowest BCUT2D eigenvalue weighted by Gasteiger charge is -2.11. The highest BCUT2D eigenvalue weighted by Crippen LogP contribution is 2.26. The Labute approximate surface area is 213 Å². The van der Waals surface area contributed by atoms with Crippen LogP contribution in [0.1, 0.15) is 17.0 Å². The van der Waals surface area contributed by atoms with E-state index < -0.39 is 4.92 Å². The van der Waals surface area contributed by atoms with Gasteiger partial charge in [-0.2, -0.15) is 0 Å². The lowest BCUT2D eigenvalue weighted by molar-refractivity contribution is -0.385. The molecule has 0 unspecified atom stereocenters. The van der Waals surface area contributed by atoms with Gasteiger partial charge in [-0.05, 0) is 68.0 Å². The van der Waals surface area contributed by atoms with E-state index in [-0.39, 0.29) is 17.1 Å². The SMILES string of the molecule is Cc1cc(/C=c2/sc3nc4ccccc4n3c2=O)c(C)n1-c1ccc(Oc2ccc([N+](=O)[O-])cn2)cc1. The summed E-state index contributed by atoms with van der Waals surface area (Å²) in [6, 6.07) is 20.0. The van der Waals surface area contributed by atoms with Crippen molar-refractivity contribution in [3.05, 3.63) is 115 Å². The number of nitrogens with zero attached hydrogens (tertiary/aromatic N) is 5. The van der Waals surface area contributed by atoms with Crippen molar-refractivity contribution in [2.75, 3.05) is 0 Å². The molecular formula is C27H19N5O4S. The molecule has 0 aliphatic rings. The highest BCUT2D eigenvalue weighted by atomic mass is 32.1. The third-order valence-electron chi connectivity index (χ3n) is 6.15. The van der Waals surface area contributed by atoms with Crippen molar-refractivity contribution in [2.24, 2.45) is 0 Å². The zero-order chi connectivity index (χ0) is 25.7. The number of thiazole rings is 1. The summed E-state index contributed by atoms with van der Waals surface area (Å²) >= 11 is 1.38. The van der Waals surface area contributed by atoms with Crippen molar-refractivity contribution in [1.82, 2.24) is 18.9 Å². The zero-order valence-corrected chi connectivity index (χ0v) is 20.6. The van der Waals surface area contributed by atoms with Crippen LogP contribution in [0.5, 0.6) is 11.6 Å². The average molecular weight is 510 g/mol. The molecule has 0 spiro atoms. The zero-order valence-electron chi connectivity index (χ0n) is 19.8. The molecule has 0 radical (unpaired) electrons. The van der Waals surface area contributed by atoms with Crippen LogP contribution in [-0.4, -0.2) is 23.9 Å². The molecule has 0 bridgehead atoms. The van der Waals surface area contributed by atoms with Gasteiger partial charge in [0.1, 0.15) is 11.9 Å². The number of fused-ring (bicyclic) bond motifs is 3. The second-order valence-corrected chi connectivity index (χ2v) is 9.51. The molecule has 0 aliphatic carbocycles. The van der Waals surface area contributed by atoms with Gasteiger partial charge < -0.3 is 9.30 Å². The van der Waals surface area contributed by atoms with E-state index >= 15 is 0 Å². The van der Waals surface area contributed by atoms with Crippen LogP contribution in [0.15, 0.2) is 77.7 Å². The summed E-state index contributed by atoms with van der Waals surface area (Å²) in [4.78, 5) is 32.7. The van der Waals surface area contributed by atoms with Gasteiger partial charge in [-0.25, -0.2) is 14.4 Å². The quantitative estimate of drug-likeness (QED) is 0.240. The van der Waals surface area contributed by atoms with E-state index in [0.29, 0.717) is 15.2 Å². The van der Waals surface area contributed by atoms with Crippen molar-refractivity contribution in [1.29, 1.82) is 0 Å². The molecule has 0 aliphatic heterocycles. The normalized spacial score (nSPS) is 12.0. The number of ether oxygens (including phenoxy) is 1. The Hall–Kier alpha value is -4.83. The van der Waals surface area contributed by atoms with Crippen LogP contribution in [0.25, 0.3) is 27.8 Å². The molecule has 4 aromatic heterocycles. The van der Waals surface area contributed by atoms with E-state index in [1.54, 1.807) is 4.40 Å². The molecule has 6 aromatic rings. The molecule has 4 heterocycles. The molecule has 0 atom stereocenters. The second kappa shape index (κ2) is 8.68. The Kier molecular flexibility index (Phi) is 5.31. The number of imidazole rings is 1. The molecule has 6 rings (SSSR count).